The van der Waals surface area contributed by atoms with Gasteiger partial charge < -0.3 is 14.2 Å². The number of nitrogens with zero attached hydrogens (tertiary/aromatic N) is 1. The number of esters is 1. The summed E-state index contributed by atoms with van der Waals surface area (Å²) in [7, 11) is 0. The lowest BCUT2D eigenvalue weighted by atomic mass is 9.94. The van der Waals surface area contributed by atoms with E-state index >= 15 is 0 Å². The number of hydrogen-bond acceptors (Lipinski definition) is 5. The zero-order valence-corrected chi connectivity index (χ0v) is 15.6. The molecule has 5 nitrogen and oxygen atoms in total. The second-order valence-electron chi connectivity index (χ2n) is 7.93. The highest BCUT2D eigenvalue weighted by molar-refractivity contribution is 5.66. The van der Waals surface area contributed by atoms with Crippen molar-refractivity contribution < 1.29 is 19.0 Å². The summed E-state index contributed by atoms with van der Waals surface area (Å²) in [5.74, 6) is -0.621. The van der Waals surface area contributed by atoms with Crippen molar-refractivity contribution >= 4 is 5.97 Å². The molecule has 1 aliphatic carbocycles. The molecule has 3 atom stereocenters. The molecule has 2 saturated heterocycles. The summed E-state index contributed by atoms with van der Waals surface area (Å²) in [4.78, 5) is 13.9. The van der Waals surface area contributed by atoms with Crippen molar-refractivity contribution in [2.75, 3.05) is 13.1 Å². The van der Waals surface area contributed by atoms with E-state index in [-0.39, 0.29) is 24.3 Å². The van der Waals surface area contributed by atoms with Crippen LogP contribution in [0.15, 0.2) is 30.3 Å². The molecular weight excluding hydrogens is 330 g/mol. The molecular formula is C21H29NO4. The molecule has 0 aromatic heterocycles. The van der Waals surface area contributed by atoms with E-state index in [2.05, 4.69) is 29.2 Å². The summed E-state index contributed by atoms with van der Waals surface area (Å²) < 4.78 is 18.5. The van der Waals surface area contributed by atoms with Crippen LogP contribution < -0.4 is 0 Å². The van der Waals surface area contributed by atoms with Gasteiger partial charge in [-0.2, -0.15) is 0 Å². The van der Waals surface area contributed by atoms with Gasteiger partial charge in [0.2, 0.25) is 0 Å². The number of benzene rings is 1. The smallest absolute Gasteiger partial charge is 0.302 e. The van der Waals surface area contributed by atoms with Crippen LogP contribution in [0.1, 0.15) is 51.0 Å². The highest BCUT2D eigenvalue weighted by Crippen LogP contribution is 2.42. The first kappa shape index (κ1) is 18.0. The van der Waals surface area contributed by atoms with Crippen LogP contribution in [-0.4, -0.2) is 48.1 Å². The molecule has 1 saturated carbocycles. The van der Waals surface area contributed by atoms with E-state index in [1.54, 1.807) is 0 Å². The quantitative estimate of drug-likeness (QED) is 0.775. The number of ether oxygens (including phenoxy) is 3. The zero-order chi connectivity index (χ0) is 18.0. The summed E-state index contributed by atoms with van der Waals surface area (Å²) in [6.07, 6.45) is 6.20. The van der Waals surface area contributed by atoms with E-state index in [0.717, 1.165) is 38.9 Å². The van der Waals surface area contributed by atoms with Crippen LogP contribution in [0.2, 0.25) is 0 Å². The van der Waals surface area contributed by atoms with Crippen molar-refractivity contribution in [2.45, 2.75) is 76.1 Å². The number of carbonyl (C=O) groups is 1. The maximum Gasteiger partial charge on any atom is 0.302 e. The third-order valence-corrected chi connectivity index (χ3v) is 5.74. The molecule has 1 aromatic carbocycles. The first-order valence-corrected chi connectivity index (χ1v) is 9.91. The second kappa shape index (κ2) is 7.67. The first-order chi connectivity index (χ1) is 12.6. The Morgan fingerprint density at radius 1 is 1.12 bits per heavy atom. The van der Waals surface area contributed by atoms with Gasteiger partial charge in [-0.15, -0.1) is 0 Å². The fraction of sp³-hybridized carbons (Fsp3) is 0.667. The molecule has 3 aliphatic rings. The van der Waals surface area contributed by atoms with E-state index in [0.29, 0.717) is 0 Å². The monoisotopic (exact) mass is 359 g/mol. The van der Waals surface area contributed by atoms with Crippen LogP contribution in [0.4, 0.5) is 0 Å². The number of hydrogen-bond donors (Lipinski definition) is 0. The van der Waals surface area contributed by atoms with E-state index in [9.17, 15) is 4.79 Å². The summed E-state index contributed by atoms with van der Waals surface area (Å²) in [5.41, 5.74) is 1.26. The number of fused-ring (bicyclic) bond motifs is 1. The molecule has 26 heavy (non-hydrogen) atoms. The van der Waals surface area contributed by atoms with Crippen molar-refractivity contribution in [1.29, 1.82) is 0 Å². The number of likely N-dealkylation sites (tertiary alicyclic amines) is 1. The largest absolute Gasteiger partial charge is 0.461 e. The third kappa shape index (κ3) is 4.11. The Labute approximate surface area is 155 Å². The van der Waals surface area contributed by atoms with Crippen LogP contribution in [-0.2, 0) is 25.5 Å². The predicted molar refractivity (Wildman–Crippen MR) is 97.5 cm³/mol. The highest BCUT2D eigenvalue weighted by atomic mass is 16.8. The van der Waals surface area contributed by atoms with Gasteiger partial charge in [-0.1, -0.05) is 36.8 Å². The van der Waals surface area contributed by atoms with Crippen molar-refractivity contribution in [1.82, 2.24) is 4.90 Å². The summed E-state index contributed by atoms with van der Waals surface area (Å²) in [6, 6.07) is 10.4. The minimum absolute atomic E-state index is 0.0122. The SMILES string of the molecule is CC(=O)O[C@@H]1C[C@H]2OC3(CCCCC3)O[C@H]2CN(Cc2ccccc2)C1. The Kier molecular flexibility index (Phi) is 5.30. The van der Waals surface area contributed by atoms with Gasteiger partial charge in [0.25, 0.3) is 0 Å². The van der Waals surface area contributed by atoms with Crippen LogP contribution in [0, 0.1) is 0 Å². The summed E-state index contributed by atoms with van der Waals surface area (Å²) in [6.45, 7) is 3.86. The van der Waals surface area contributed by atoms with Gasteiger partial charge in [0.15, 0.2) is 5.79 Å². The van der Waals surface area contributed by atoms with Crippen LogP contribution >= 0.6 is 0 Å². The molecule has 1 spiro atoms. The topological polar surface area (TPSA) is 48.0 Å². The lowest BCUT2D eigenvalue weighted by Crippen LogP contribution is -2.39. The maximum atomic E-state index is 11.6. The number of rotatable bonds is 3. The first-order valence-electron chi connectivity index (χ1n) is 9.91. The molecule has 3 fully saturated rings. The summed E-state index contributed by atoms with van der Waals surface area (Å²) in [5, 5.41) is 0. The van der Waals surface area contributed by atoms with Crippen molar-refractivity contribution in [3.63, 3.8) is 0 Å². The third-order valence-electron chi connectivity index (χ3n) is 5.74. The van der Waals surface area contributed by atoms with Crippen LogP contribution in [0.25, 0.3) is 0 Å². The minimum atomic E-state index is -0.399. The van der Waals surface area contributed by atoms with Crippen LogP contribution in [0.3, 0.4) is 0 Å². The van der Waals surface area contributed by atoms with E-state index < -0.39 is 5.79 Å². The standard InChI is InChI=1S/C21H29NO4/c1-16(23)24-18-12-19-20(26-21(25-19)10-6-3-7-11-21)15-22(14-18)13-17-8-4-2-5-9-17/h2,4-5,8-9,18-20H,3,6-7,10-15H2,1H3/t18-,19-,20+/m1/s1. The lowest BCUT2D eigenvalue weighted by Gasteiger charge is -2.33. The predicted octanol–water partition coefficient (Wildman–Crippen LogP) is 3.27. The minimum Gasteiger partial charge on any atom is -0.461 e. The Bertz CT molecular complexity index is 614. The maximum absolute atomic E-state index is 11.6. The molecule has 2 heterocycles. The number of carbonyl (C=O) groups excluding carboxylic acids is 1. The van der Waals surface area contributed by atoms with Crippen molar-refractivity contribution in [3.05, 3.63) is 35.9 Å². The van der Waals surface area contributed by atoms with E-state index in [1.165, 1.54) is 31.7 Å². The van der Waals surface area contributed by atoms with Gasteiger partial charge in [-0.25, -0.2) is 0 Å². The van der Waals surface area contributed by atoms with E-state index in [1.807, 2.05) is 6.07 Å². The zero-order valence-electron chi connectivity index (χ0n) is 15.6. The molecule has 0 N–H and O–H groups in total. The molecule has 1 aromatic rings. The van der Waals surface area contributed by atoms with Gasteiger partial charge in [0.05, 0.1) is 6.10 Å². The average Bonchev–Trinajstić information content (AvgIpc) is 2.83. The molecule has 0 radical (unpaired) electrons. The van der Waals surface area contributed by atoms with E-state index in [4.69, 9.17) is 14.2 Å². The van der Waals surface area contributed by atoms with Crippen LogP contribution in [0.5, 0.6) is 0 Å². The Hall–Kier alpha value is -1.43. The molecule has 0 amide bonds. The second-order valence-corrected chi connectivity index (χ2v) is 7.93. The molecule has 142 valence electrons. The van der Waals surface area contributed by atoms with Gasteiger partial charge >= 0.3 is 5.97 Å². The van der Waals surface area contributed by atoms with Gasteiger partial charge in [-0.05, 0) is 18.4 Å². The summed E-state index contributed by atoms with van der Waals surface area (Å²) >= 11 is 0. The molecule has 4 rings (SSSR count). The Morgan fingerprint density at radius 2 is 1.85 bits per heavy atom. The van der Waals surface area contributed by atoms with Crippen molar-refractivity contribution in [2.24, 2.45) is 0 Å². The fourth-order valence-electron chi connectivity index (χ4n) is 4.65. The lowest BCUT2D eigenvalue weighted by molar-refractivity contribution is -0.199. The van der Waals surface area contributed by atoms with Crippen molar-refractivity contribution in [3.8, 4) is 0 Å². The Morgan fingerprint density at radius 3 is 2.58 bits per heavy atom. The van der Waals surface area contributed by atoms with Gasteiger partial charge in [0.1, 0.15) is 12.2 Å². The van der Waals surface area contributed by atoms with Gasteiger partial charge in [0, 0.05) is 45.8 Å². The average molecular weight is 359 g/mol. The van der Waals surface area contributed by atoms with Gasteiger partial charge in [-0.3, -0.25) is 9.69 Å². The molecule has 5 heteroatoms. The normalized spacial score (nSPS) is 31.3. The Balaban J connectivity index is 1.50. The fourth-order valence-corrected chi connectivity index (χ4v) is 4.65. The molecule has 0 unspecified atom stereocenters. The molecule has 0 bridgehead atoms. The molecule has 2 aliphatic heterocycles. The highest BCUT2D eigenvalue weighted by Gasteiger charge is 2.50.